The molecule has 2 amide bonds. The Labute approximate surface area is 101 Å². The third-order valence-electron chi connectivity index (χ3n) is 3.89. The minimum atomic E-state index is -0.692. The molecule has 0 saturated carbocycles. The topological polar surface area (TPSA) is 60.9 Å². The van der Waals surface area contributed by atoms with Gasteiger partial charge in [0.05, 0.1) is 24.6 Å². The van der Waals surface area contributed by atoms with Crippen LogP contribution in [0.5, 0.6) is 0 Å². The third-order valence-corrected chi connectivity index (χ3v) is 3.89. The number of hydrogen-bond donors (Lipinski definition) is 1. The summed E-state index contributed by atoms with van der Waals surface area (Å²) in [7, 11) is 0. The first-order valence-corrected chi connectivity index (χ1v) is 6.28. The van der Waals surface area contributed by atoms with Crippen LogP contribution in [0.3, 0.4) is 0 Å². The van der Waals surface area contributed by atoms with Gasteiger partial charge in [0.25, 0.3) is 0 Å². The predicted octanol–water partition coefficient (Wildman–Crippen LogP) is -0.162. The molecule has 0 aliphatic carbocycles. The number of nitrogens with zero attached hydrogens (tertiary/aromatic N) is 2. The van der Waals surface area contributed by atoms with Gasteiger partial charge in [0, 0.05) is 19.5 Å². The van der Waals surface area contributed by atoms with E-state index in [2.05, 4.69) is 0 Å². The van der Waals surface area contributed by atoms with E-state index in [1.54, 1.807) is 9.80 Å². The molecule has 96 valence electrons. The van der Waals surface area contributed by atoms with Crippen molar-refractivity contribution in [3.63, 3.8) is 0 Å². The Balaban J connectivity index is 1.89. The van der Waals surface area contributed by atoms with Crippen LogP contribution in [0.25, 0.3) is 0 Å². The minimum absolute atomic E-state index is 0.0208. The van der Waals surface area contributed by atoms with E-state index in [9.17, 15) is 14.7 Å². The van der Waals surface area contributed by atoms with E-state index in [-0.39, 0.29) is 17.7 Å². The van der Waals surface area contributed by atoms with E-state index < -0.39 is 5.60 Å². The highest BCUT2D eigenvalue weighted by Gasteiger charge is 2.45. The predicted molar refractivity (Wildman–Crippen MR) is 62.2 cm³/mol. The molecule has 2 aliphatic rings. The lowest BCUT2D eigenvalue weighted by atomic mass is 9.89. The van der Waals surface area contributed by atoms with Crippen molar-refractivity contribution in [1.82, 2.24) is 9.80 Å². The Morgan fingerprint density at radius 1 is 1.47 bits per heavy atom. The van der Waals surface area contributed by atoms with Crippen LogP contribution in [-0.4, -0.2) is 58.5 Å². The third kappa shape index (κ3) is 2.16. The number of hydrogen-bond acceptors (Lipinski definition) is 3. The molecule has 2 aliphatic heterocycles. The van der Waals surface area contributed by atoms with Gasteiger partial charge in [-0.25, -0.2) is 0 Å². The lowest BCUT2D eigenvalue weighted by Crippen LogP contribution is -2.64. The van der Waals surface area contributed by atoms with Gasteiger partial charge >= 0.3 is 0 Å². The van der Waals surface area contributed by atoms with Crippen LogP contribution in [0.4, 0.5) is 0 Å². The molecule has 5 nitrogen and oxygen atoms in total. The van der Waals surface area contributed by atoms with Crippen LogP contribution in [-0.2, 0) is 9.59 Å². The summed E-state index contributed by atoms with van der Waals surface area (Å²) in [5.74, 6) is -0.117. The first kappa shape index (κ1) is 12.4. The van der Waals surface area contributed by atoms with Gasteiger partial charge in [-0.1, -0.05) is 6.92 Å². The molecule has 0 spiro atoms. The van der Waals surface area contributed by atoms with Crippen LogP contribution in [0, 0.1) is 5.92 Å². The standard InChI is InChI=1S/C12H20N2O3/c1-3-12(17)7-14(8-12)11(16)9-5-10(15)13(4-2)6-9/h9,17H,3-8H2,1-2H3. The molecule has 0 aromatic heterocycles. The zero-order valence-electron chi connectivity index (χ0n) is 10.5. The van der Waals surface area contributed by atoms with Crippen molar-refractivity contribution >= 4 is 11.8 Å². The molecule has 2 heterocycles. The lowest BCUT2D eigenvalue weighted by molar-refractivity contribution is -0.159. The van der Waals surface area contributed by atoms with Crippen molar-refractivity contribution in [2.75, 3.05) is 26.2 Å². The highest BCUT2D eigenvalue weighted by Crippen LogP contribution is 2.28. The summed E-state index contributed by atoms with van der Waals surface area (Å²) in [6.45, 7) is 5.87. The molecule has 2 saturated heterocycles. The molecule has 1 unspecified atom stereocenters. The van der Waals surface area contributed by atoms with E-state index in [0.717, 1.165) is 0 Å². The average Bonchev–Trinajstić information content (AvgIpc) is 2.65. The van der Waals surface area contributed by atoms with Gasteiger partial charge in [-0.3, -0.25) is 9.59 Å². The molecule has 0 radical (unpaired) electrons. The Bertz CT molecular complexity index is 337. The molecular formula is C12H20N2O3. The fraction of sp³-hybridized carbons (Fsp3) is 0.833. The van der Waals surface area contributed by atoms with Gasteiger partial charge in [-0.05, 0) is 13.3 Å². The van der Waals surface area contributed by atoms with Gasteiger partial charge in [-0.2, -0.15) is 0 Å². The summed E-state index contributed by atoms with van der Waals surface area (Å²) in [4.78, 5) is 27.0. The zero-order chi connectivity index (χ0) is 12.6. The van der Waals surface area contributed by atoms with Crippen molar-refractivity contribution in [2.24, 2.45) is 5.92 Å². The largest absolute Gasteiger partial charge is 0.386 e. The van der Waals surface area contributed by atoms with Gasteiger partial charge in [0.1, 0.15) is 0 Å². The molecule has 0 aromatic carbocycles. The minimum Gasteiger partial charge on any atom is -0.386 e. The SMILES string of the molecule is CCN1CC(C(=O)N2CC(O)(CC)C2)CC1=O. The maximum Gasteiger partial charge on any atom is 0.228 e. The number of likely N-dealkylation sites (tertiary alicyclic amines) is 2. The quantitative estimate of drug-likeness (QED) is 0.745. The second-order valence-corrected chi connectivity index (χ2v) is 5.11. The number of carbonyl (C=O) groups is 2. The van der Waals surface area contributed by atoms with Crippen LogP contribution in [0.15, 0.2) is 0 Å². The van der Waals surface area contributed by atoms with Crippen molar-refractivity contribution in [2.45, 2.75) is 32.3 Å². The summed E-state index contributed by atoms with van der Waals surface area (Å²) in [5, 5.41) is 9.86. The molecule has 1 N–H and O–H groups in total. The van der Waals surface area contributed by atoms with Crippen LogP contribution < -0.4 is 0 Å². The maximum atomic E-state index is 12.1. The van der Waals surface area contributed by atoms with Gasteiger partial charge in [-0.15, -0.1) is 0 Å². The summed E-state index contributed by atoms with van der Waals surface area (Å²) in [6.07, 6.45) is 0.995. The summed E-state index contributed by atoms with van der Waals surface area (Å²) >= 11 is 0. The fourth-order valence-corrected chi connectivity index (χ4v) is 2.55. The monoisotopic (exact) mass is 240 g/mol. The number of aliphatic hydroxyl groups is 1. The molecule has 0 aromatic rings. The Kier molecular flexibility index (Phi) is 3.12. The lowest BCUT2D eigenvalue weighted by Gasteiger charge is -2.46. The summed E-state index contributed by atoms with van der Waals surface area (Å²) in [6, 6.07) is 0. The molecule has 2 fully saturated rings. The number of β-amino-alcohol motifs (C(OH)–C–C–N with tert-alkyl or cyclic N) is 1. The van der Waals surface area contributed by atoms with Crippen molar-refractivity contribution in [1.29, 1.82) is 0 Å². The molecule has 0 bridgehead atoms. The highest BCUT2D eigenvalue weighted by atomic mass is 16.3. The van der Waals surface area contributed by atoms with E-state index in [1.165, 1.54) is 0 Å². The van der Waals surface area contributed by atoms with Crippen LogP contribution in [0.2, 0.25) is 0 Å². The van der Waals surface area contributed by atoms with Crippen LogP contribution in [0.1, 0.15) is 26.7 Å². The van der Waals surface area contributed by atoms with Crippen LogP contribution >= 0.6 is 0 Å². The normalized spacial score (nSPS) is 27.2. The number of rotatable bonds is 3. The zero-order valence-corrected chi connectivity index (χ0v) is 10.5. The van der Waals surface area contributed by atoms with Crippen molar-refractivity contribution < 1.29 is 14.7 Å². The number of carbonyl (C=O) groups excluding carboxylic acids is 2. The fourth-order valence-electron chi connectivity index (χ4n) is 2.55. The summed E-state index contributed by atoms with van der Waals surface area (Å²) < 4.78 is 0. The molecular weight excluding hydrogens is 220 g/mol. The van der Waals surface area contributed by atoms with Crippen molar-refractivity contribution in [3.8, 4) is 0 Å². The Hall–Kier alpha value is -1.10. The first-order valence-electron chi connectivity index (χ1n) is 6.28. The van der Waals surface area contributed by atoms with E-state index in [4.69, 9.17) is 0 Å². The molecule has 17 heavy (non-hydrogen) atoms. The molecule has 1 atom stereocenters. The van der Waals surface area contributed by atoms with Gasteiger partial charge < -0.3 is 14.9 Å². The van der Waals surface area contributed by atoms with Gasteiger partial charge in [0.15, 0.2) is 0 Å². The smallest absolute Gasteiger partial charge is 0.228 e. The number of amides is 2. The highest BCUT2D eigenvalue weighted by molar-refractivity contribution is 5.89. The van der Waals surface area contributed by atoms with E-state index in [1.807, 2.05) is 13.8 Å². The maximum absolute atomic E-state index is 12.1. The Morgan fingerprint density at radius 2 is 2.12 bits per heavy atom. The second kappa shape index (κ2) is 4.29. The first-order chi connectivity index (χ1) is 7.99. The van der Waals surface area contributed by atoms with Crippen molar-refractivity contribution in [3.05, 3.63) is 0 Å². The second-order valence-electron chi connectivity index (χ2n) is 5.11. The Morgan fingerprint density at radius 3 is 2.59 bits per heavy atom. The van der Waals surface area contributed by atoms with Gasteiger partial charge in [0.2, 0.25) is 11.8 Å². The average molecular weight is 240 g/mol. The molecule has 5 heteroatoms. The van der Waals surface area contributed by atoms with E-state index >= 15 is 0 Å². The molecule has 2 rings (SSSR count). The summed E-state index contributed by atoms with van der Waals surface area (Å²) in [5.41, 5.74) is -0.692. The van der Waals surface area contributed by atoms with E-state index in [0.29, 0.717) is 39.0 Å².